The van der Waals surface area contributed by atoms with Crippen molar-refractivity contribution >= 4 is 12.3 Å². The van der Waals surface area contributed by atoms with Gasteiger partial charge in [-0.05, 0) is 19.3 Å². The summed E-state index contributed by atoms with van der Waals surface area (Å²) in [7, 11) is 0. The van der Waals surface area contributed by atoms with Crippen LogP contribution in [-0.4, -0.2) is 18.4 Å². The average molecular weight is 508 g/mol. The van der Waals surface area contributed by atoms with Gasteiger partial charge in [0.15, 0.2) is 0 Å². The molecular weight excluding hydrogens is 444 g/mol. The maximum Gasteiger partial charge on any atom is 0.306 e. The highest BCUT2D eigenvalue weighted by molar-refractivity contribution is 5.69. The van der Waals surface area contributed by atoms with Gasteiger partial charge in [0.05, 0.1) is 6.42 Å². The fraction of sp³-hybridized carbons (Fsp3) is 0.939. The van der Waals surface area contributed by atoms with E-state index in [1.54, 1.807) is 0 Å². The molecule has 0 aromatic carbocycles. The van der Waals surface area contributed by atoms with E-state index in [9.17, 15) is 9.59 Å². The van der Waals surface area contributed by atoms with E-state index in [-0.39, 0.29) is 18.5 Å². The van der Waals surface area contributed by atoms with Crippen LogP contribution >= 0.6 is 0 Å². The fourth-order valence-corrected chi connectivity index (χ4v) is 5.04. The van der Waals surface area contributed by atoms with Gasteiger partial charge in [-0.25, -0.2) is 0 Å². The van der Waals surface area contributed by atoms with Crippen molar-refractivity contribution in [1.82, 2.24) is 0 Å². The smallest absolute Gasteiger partial charge is 0.306 e. The first-order valence-corrected chi connectivity index (χ1v) is 16.3. The molecular formula is C33H63O3. The number of hydrogen-bond donors (Lipinski definition) is 0. The molecule has 0 saturated heterocycles. The minimum absolute atomic E-state index is 0.128. The summed E-state index contributed by atoms with van der Waals surface area (Å²) in [5.41, 5.74) is 0. The number of hydrogen-bond acceptors (Lipinski definition) is 3. The molecule has 0 aliphatic carbocycles. The molecule has 0 fully saturated rings. The normalized spacial score (nSPS) is 12.1. The Labute approximate surface area is 226 Å². The first-order valence-electron chi connectivity index (χ1n) is 16.3. The van der Waals surface area contributed by atoms with Gasteiger partial charge in [0.25, 0.3) is 0 Å². The van der Waals surface area contributed by atoms with Crippen LogP contribution in [0.1, 0.15) is 194 Å². The third-order valence-electron chi connectivity index (χ3n) is 7.47. The van der Waals surface area contributed by atoms with E-state index in [2.05, 4.69) is 13.8 Å². The van der Waals surface area contributed by atoms with Crippen LogP contribution in [0.15, 0.2) is 0 Å². The zero-order chi connectivity index (χ0) is 26.4. The number of carbonyl (C=O) groups is 1. The van der Waals surface area contributed by atoms with E-state index >= 15 is 0 Å². The standard InChI is InChI=1S/C33H63O3/c1-3-5-7-9-11-13-14-15-16-17-18-19-21-23-25-27-29-33(35)36-32(30-31-34)28-26-24-22-20-12-10-8-6-4-2/h32H,3-30H2,1-2H3. The van der Waals surface area contributed by atoms with E-state index in [1.165, 1.54) is 141 Å². The molecule has 0 aliphatic heterocycles. The SMILES string of the molecule is CCCCCCCCCCCCCCCCCCC(=O)OC(C[C]=O)CCCCCCCCCCC. The second-order valence-corrected chi connectivity index (χ2v) is 11.1. The number of ether oxygens (including phenoxy) is 1. The summed E-state index contributed by atoms with van der Waals surface area (Å²) in [4.78, 5) is 23.0. The maximum absolute atomic E-state index is 12.2. The molecule has 0 rings (SSSR count). The molecule has 3 nitrogen and oxygen atoms in total. The van der Waals surface area contributed by atoms with Gasteiger partial charge in [-0.2, -0.15) is 0 Å². The summed E-state index contributed by atoms with van der Waals surface area (Å²) in [6.07, 6.45) is 36.0. The van der Waals surface area contributed by atoms with Gasteiger partial charge in [0, 0.05) is 6.42 Å². The lowest BCUT2D eigenvalue weighted by molar-refractivity contribution is -0.149. The summed E-state index contributed by atoms with van der Waals surface area (Å²) in [5.74, 6) is -0.128. The third-order valence-corrected chi connectivity index (χ3v) is 7.47. The van der Waals surface area contributed by atoms with Crippen LogP contribution < -0.4 is 0 Å². The Hall–Kier alpha value is -0.860. The van der Waals surface area contributed by atoms with Crippen molar-refractivity contribution in [2.45, 2.75) is 200 Å². The minimum Gasteiger partial charge on any atom is -0.462 e. The monoisotopic (exact) mass is 507 g/mol. The zero-order valence-electron chi connectivity index (χ0n) is 24.6. The predicted molar refractivity (Wildman–Crippen MR) is 156 cm³/mol. The predicted octanol–water partition coefficient (Wildman–Crippen LogP) is 11.0. The summed E-state index contributed by atoms with van der Waals surface area (Å²) in [6, 6.07) is 0. The van der Waals surface area contributed by atoms with Crippen LogP contribution in [0.2, 0.25) is 0 Å². The molecule has 36 heavy (non-hydrogen) atoms. The summed E-state index contributed by atoms with van der Waals surface area (Å²) < 4.78 is 5.59. The highest BCUT2D eigenvalue weighted by atomic mass is 16.5. The number of carbonyl (C=O) groups excluding carboxylic acids is 2. The molecule has 0 aromatic rings. The van der Waals surface area contributed by atoms with Crippen molar-refractivity contribution in [3.8, 4) is 0 Å². The molecule has 0 amide bonds. The number of unbranched alkanes of at least 4 members (excludes halogenated alkanes) is 23. The van der Waals surface area contributed by atoms with Crippen molar-refractivity contribution in [3.63, 3.8) is 0 Å². The van der Waals surface area contributed by atoms with Crippen molar-refractivity contribution in [2.24, 2.45) is 0 Å². The van der Waals surface area contributed by atoms with E-state index in [0.29, 0.717) is 6.42 Å². The second-order valence-electron chi connectivity index (χ2n) is 11.1. The van der Waals surface area contributed by atoms with Gasteiger partial charge in [-0.1, -0.05) is 162 Å². The molecule has 1 atom stereocenters. The van der Waals surface area contributed by atoms with Crippen LogP contribution in [0.5, 0.6) is 0 Å². The van der Waals surface area contributed by atoms with Crippen LogP contribution in [-0.2, 0) is 14.3 Å². The quantitative estimate of drug-likeness (QED) is 0.0717. The number of esters is 1. The van der Waals surface area contributed by atoms with Crippen LogP contribution in [0, 0.1) is 0 Å². The van der Waals surface area contributed by atoms with Crippen molar-refractivity contribution < 1.29 is 14.3 Å². The molecule has 0 bridgehead atoms. The Morgan fingerprint density at radius 2 is 0.861 bits per heavy atom. The molecule has 0 N–H and O–H groups in total. The van der Waals surface area contributed by atoms with E-state index in [1.807, 2.05) is 6.29 Å². The van der Waals surface area contributed by atoms with Crippen molar-refractivity contribution in [3.05, 3.63) is 0 Å². The number of rotatable bonds is 30. The van der Waals surface area contributed by atoms with Crippen LogP contribution in [0.3, 0.4) is 0 Å². The Morgan fingerprint density at radius 3 is 1.22 bits per heavy atom. The Bertz CT molecular complexity index is 448. The Kier molecular flexibility index (Phi) is 29.6. The molecule has 3 heteroatoms. The van der Waals surface area contributed by atoms with Gasteiger partial charge < -0.3 is 4.74 Å². The molecule has 0 aromatic heterocycles. The molecule has 0 heterocycles. The lowest BCUT2D eigenvalue weighted by atomic mass is 10.0. The fourth-order valence-electron chi connectivity index (χ4n) is 5.04. The van der Waals surface area contributed by atoms with E-state index in [4.69, 9.17) is 4.74 Å². The lowest BCUT2D eigenvalue weighted by Crippen LogP contribution is -2.18. The van der Waals surface area contributed by atoms with Crippen LogP contribution in [0.25, 0.3) is 0 Å². The van der Waals surface area contributed by atoms with Gasteiger partial charge >= 0.3 is 5.97 Å². The lowest BCUT2D eigenvalue weighted by Gasteiger charge is -2.15. The summed E-state index contributed by atoms with van der Waals surface area (Å²) in [5, 5.41) is 0. The van der Waals surface area contributed by atoms with Gasteiger partial charge in [0.1, 0.15) is 6.10 Å². The molecule has 213 valence electrons. The zero-order valence-corrected chi connectivity index (χ0v) is 24.6. The molecule has 0 saturated carbocycles. The first-order chi connectivity index (χ1) is 17.7. The summed E-state index contributed by atoms with van der Waals surface area (Å²) >= 11 is 0. The average Bonchev–Trinajstić information content (AvgIpc) is 2.87. The van der Waals surface area contributed by atoms with Crippen LogP contribution in [0.4, 0.5) is 0 Å². The third kappa shape index (κ3) is 27.7. The van der Waals surface area contributed by atoms with Gasteiger partial charge in [-0.3, -0.25) is 9.59 Å². The molecule has 1 unspecified atom stereocenters. The van der Waals surface area contributed by atoms with Crippen molar-refractivity contribution in [2.75, 3.05) is 0 Å². The minimum atomic E-state index is -0.263. The Morgan fingerprint density at radius 1 is 0.528 bits per heavy atom. The Balaban J connectivity index is 3.49. The summed E-state index contributed by atoms with van der Waals surface area (Å²) in [6.45, 7) is 4.53. The molecule has 1 radical (unpaired) electrons. The molecule has 0 aliphatic rings. The molecule has 0 spiro atoms. The van der Waals surface area contributed by atoms with Gasteiger partial charge in [0.2, 0.25) is 6.29 Å². The topological polar surface area (TPSA) is 43.4 Å². The van der Waals surface area contributed by atoms with Gasteiger partial charge in [-0.15, -0.1) is 0 Å². The highest BCUT2D eigenvalue weighted by Crippen LogP contribution is 2.16. The first kappa shape index (κ1) is 35.1. The van der Waals surface area contributed by atoms with E-state index < -0.39 is 0 Å². The maximum atomic E-state index is 12.2. The van der Waals surface area contributed by atoms with Crippen molar-refractivity contribution in [1.29, 1.82) is 0 Å². The highest BCUT2D eigenvalue weighted by Gasteiger charge is 2.14. The second kappa shape index (κ2) is 30.4. The van der Waals surface area contributed by atoms with E-state index in [0.717, 1.165) is 25.7 Å². The largest absolute Gasteiger partial charge is 0.462 e.